The summed E-state index contributed by atoms with van der Waals surface area (Å²) in [6.07, 6.45) is -3.46. The number of sulfonamides is 1. The number of alkyl halides is 3. The predicted molar refractivity (Wildman–Crippen MR) is 112 cm³/mol. The third kappa shape index (κ3) is 6.24. The van der Waals surface area contributed by atoms with Gasteiger partial charge in [-0.1, -0.05) is 18.2 Å². The molecule has 32 heavy (non-hydrogen) atoms. The molecule has 0 aliphatic carbocycles. The lowest BCUT2D eigenvalue weighted by Gasteiger charge is -2.21. The average Bonchev–Trinajstić information content (AvgIpc) is 2.76. The summed E-state index contributed by atoms with van der Waals surface area (Å²) in [5.74, 6) is 0.323. The quantitative estimate of drug-likeness (QED) is 0.537. The molecule has 0 heterocycles. The van der Waals surface area contributed by atoms with Crippen molar-refractivity contribution in [1.29, 1.82) is 0 Å². The van der Waals surface area contributed by atoms with E-state index in [0.717, 1.165) is 22.5 Å². The first-order chi connectivity index (χ1) is 15.0. The minimum absolute atomic E-state index is 0.0741. The van der Waals surface area contributed by atoms with Crippen molar-refractivity contribution in [2.24, 2.45) is 0 Å². The van der Waals surface area contributed by atoms with Crippen LogP contribution in [0.15, 0.2) is 60.0 Å². The molecule has 1 N–H and O–H groups in total. The van der Waals surface area contributed by atoms with Crippen LogP contribution in [0.2, 0.25) is 0 Å². The van der Waals surface area contributed by atoms with Gasteiger partial charge in [0.05, 0.1) is 31.2 Å². The van der Waals surface area contributed by atoms with E-state index in [1.807, 2.05) is 0 Å². The third-order valence-electron chi connectivity index (χ3n) is 4.39. The number of hydrogen-bond donors (Lipinski definition) is 1. The first-order valence-corrected chi connectivity index (χ1v) is 10.7. The zero-order valence-electron chi connectivity index (χ0n) is 17.5. The maximum Gasteiger partial charge on any atom is 0.416 e. The van der Waals surface area contributed by atoms with E-state index in [1.165, 1.54) is 20.3 Å². The van der Waals surface area contributed by atoms with Gasteiger partial charge in [0.2, 0.25) is 15.9 Å². The second kappa shape index (κ2) is 10.5. The van der Waals surface area contributed by atoms with Gasteiger partial charge >= 0.3 is 6.18 Å². The number of carbonyl (C=O) groups excluding carboxylic acids is 1. The SMILES string of the molecule is C=CCN(CC(=O)NCc1ccc(OC)c(OC)c1)S(=O)(=O)c1cccc(C(F)(F)F)c1. The Morgan fingerprint density at radius 3 is 2.41 bits per heavy atom. The molecule has 0 unspecified atom stereocenters. The van der Waals surface area contributed by atoms with Crippen molar-refractivity contribution in [2.75, 3.05) is 27.3 Å². The van der Waals surface area contributed by atoms with Crippen LogP contribution < -0.4 is 14.8 Å². The Balaban J connectivity index is 2.15. The Kier molecular flexibility index (Phi) is 8.28. The molecule has 0 radical (unpaired) electrons. The van der Waals surface area contributed by atoms with Crippen molar-refractivity contribution in [2.45, 2.75) is 17.6 Å². The molecule has 2 aromatic carbocycles. The van der Waals surface area contributed by atoms with Gasteiger partial charge in [-0.3, -0.25) is 4.79 Å². The number of nitrogens with zero attached hydrogens (tertiary/aromatic N) is 1. The van der Waals surface area contributed by atoms with Gasteiger partial charge in [-0.25, -0.2) is 8.42 Å². The molecule has 2 rings (SSSR count). The fourth-order valence-electron chi connectivity index (χ4n) is 2.78. The predicted octanol–water partition coefficient (Wildman–Crippen LogP) is 3.22. The molecule has 11 heteroatoms. The molecule has 0 saturated carbocycles. The highest BCUT2D eigenvalue weighted by Gasteiger charge is 2.33. The highest BCUT2D eigenvalue weighted by molar-refractivity contribution is 7.89. The summed E-state index contributed by atoms with van der Waals surface area (Å²) in [5.41, 5.74) is -0.429. The molecule has 0 atom stereocenters. The monoisotopic (exact) mass is 472 g/mol. The molecular formula is C21H23F3N2O5S. The van der Waals surface area contributed by atoms with Crippen LogP contribution in [0.4, 0.5) is 13.2 Å². The molecule has 0 aliphatic rings. The highest BCUT2D eigenvalue weighted by Crippen LogP contribution is 2.31. The summed E-state index contributed by atoms with van der Waals surface area (Å²) in [6, 6.07) is 8.35. The number of carbonyl (C=O) groups is 1. The van der Waals surface area contributed by atoms with E-state index in [1.54, 1.807) is 18.2 Å². The van der Waals surface area contributed by atoms with E-state index in [4.69, 9.17) is 9.47 Å². The van der Waals surface area contributed by atoms with Crippen molar-refractivity contribution in [3.8, 4) is 11.5 Å². The zero-order chi connectivity index (χ0) is 23.9. The van der Waals surface area contributed by atoms with E-state index in [9.17, 15) is 26.4 Å². The van der Waals surface area contributed by atoms with Crippen LogP contribution in [0.25, 0.3) is 0 Å². The molecule has 0 aromatic heterocycles. The van der Waals surface area contributed by atoms with Crippen molar-refractivity contribution in [3.05, 3.63) is 66.2 Å². The van der Waals surface area contributed by atoms with Crippen molar-refractivity contribution in [1.82, 2.24) is 9.62 Å². The van der Waals surface area contributed by atoms with E-state index in [2.05, 4.69) is 11.9 Å². The first-order valence-electron chi connectivity index (χ1n) is 9.28. The van der Waals surface area contributed by atoms with Crippen molar-refractivity contribution >= 4 is 15.9 Å². The molecule has 0 saturated heterocycles. The van der Waals surface area contributed by atoms with E-state index in [0.29, 0.717) is 23.1 Å². The van der Waals surface area contributed by atoms with Gasteiger partial charge in [-0.05, 0) is 35.9 Å². The smallest absolute Gasteiger partial charge is 0.416 e. The third-order valence-corrected chi connectivity index (χ3v) is 6.20. The van der Waals surface area contributed by atoms with Crippen LogP contribution in [0.5, 0.6) is 11.5 Å². The lowest BCUT2D eigenvalue weighted by atomic mass is 10.2. The largest absolute Gasteiger partial charge is 0.493 e. The molecule has 7 nitrogen and oxygen atoms in total. The van der Waals surface area contributed by atoms with Crippen LogP contribution >= 0.6 is 0 Å². The Morgan fingerprint density at radius 2 is 1.81 bits per heavy atom. The van der Waals surface area contributed by atoms with Gasteiger partial charge in [-0.15, -0.1) is 6.58 Å². The van der Waals surface area contributed by atoms with Gasteiger partial charge in [0.25, 0.3) is 0 Å². The first kappa shape index (κ1) is 25.2. The van der Waals surface area contributed by atoms with Crippen LogP contribution in [0, 0.1) is 0 Å². The summed E-state index contributed by atoms with van der Waals surface area (Å²) in [5, 5.41) is 2.58. The topological polar surface area (TPSA) is 84.9 Å². The summed E-state index contributed by atoms with van der Waals surface area (Å²) in [6.45, 7) is 2.67. The fraction of sp³-hybridized carbons (Fsp3) is 0.286. The van der Waals surface area contributed by atoms with Crippen LogP contribution in [0.3, 0.4) is 0 Å². The van der Waals surface area contributed by atoms with Crippen LogP contribution in [-0.2, 0) is 27.5 Å². The fourth-order valence-corrected chi connectivity index (χ4v) is 4.19. The summed E-state index contributed by atoms with van der Waals surface area (Å²) in [7, 11) is -1.43. The number of hydrogen-bond acceptors (Lipinski definition) is 5. The normalized spacial score (nSPS) is 11.8. The minimum atomic E-state index is -4.70. The Bertz CT molecular complexity index is 1070. The highest BCUT2D eigenvalue weighted by atomic mass is 32.2. The van der Waals surface area contributed by atoms with E-state index >= 15 is 0 Å². The van der Waals surface area contributed by atoms with Crippen molar-refractivity contribution in [3.63, 3.8) is 0 Å². The maximum atomic E-state index is 13.0. The Hall–Kier alpha value is -3.05. The molecule has 0 aliphatic heterocycles. The summed E-state index contributed by atoms with van der Waals surface area (Å²) in [4.78, 5) is 11.8. The van der Waals surface area contributed by atoms with Crippen molar-refractivity contribution < 1.29 is 35.9 Å². The summed E-state index contributed by atoms with van der Waals surface area (Å²) >= 11 is 0. The van der Waals surface area contributed by atoms with Crippen LogP contribution in [-0.4, -0.2) is 45.9 Å². The van der Waals surface area contributed by atoms with Gasteiger partial charge in [0.1, 0.15) is 0 Å². The summed E-state index contributed by atoms with van der Waals surface area (Å²) < 4.78 is 75.7. The number of benzene rings is 2. The standard InChI is InChI=1S/C21H23F3N2O5S/c1-4-10-26(32(28,29)17-7-5-6-16(12-17)21(22,23)24)14-20(27)25-13-15-8-9-18(30-2)19(11-15)31-3/h4-9,11-12H,1,10,13-14H2,2-3H3,(H,25,27). The lowest BCUT2D eigenvalue weighted by molar-refractivity contribution is -0.137. The maximum absolute atomic E-state index is 13.0. The molecule has 2 aromatic rings. The van der Waals surface area contributed by atoms with Gasteiger partial charge < -0.3 is 14.8 Å². The Labute approximate surface area is 184 Å². The van der Waals surface area contributed by atoms with E-state index in [-0.39, 0.29) is 13.1 Å². The van der Waals surface area contributed by atoms with Gasteiger partial charge in [0, 0.05) is 13.1 Å². The second-order valence-electron chi connectivity index (χ2n) is 6.58. The van der Waals surface area contributed by atoms with E-state index < -0.39 is 39.1 Å². The molecular weight excluding hydrogens is 449 g/mol. The Morgan fingerprint density at radius 1 is 1.12 bits per heavy atom. The number of amides is 1. The molecule has 174 valence electrons. The number of methoxy groups -OCH3 is 2. The van der Waals surface area contributed by atoms with Crippen LogP contribution in [0.1, 0.15) is 11.1 Å². The molecule has 1 amide bonds. The number of rotatable bonds is 10. The number of halogens is 3. The number of ether oxygens (including phenoxy) is 2. The average molecular weight is 472 g/mol. The lowest BCUT2D eigenvalue weighted by Crippen LogP contribution is -2.40. The minimum Gasteiger partial charge on any atom is -0.493 e. The second-order valence-corrected chi connectivity index (χ2v) is 8.52. The van der Waals surface area contributed by atoms with Gasteiger partial charge in [0.15, 0.2) is 11.5 Å². The zero-order valence-corrected chi connectivity index (χ0v) is 18.3. The van der Waals surface area contributed by atoms with Gasteiger partial charge in [-0.2, -0.15) is 17.5 Å². The molecule has 0 bridgehead atoms. The molecule has 0 spiro atoms. The molecule has 0 fully saturated rings. The number of nitrogens with one attached hydrogen (secondary N) is 1.